The van der Waals surface area contributed by atoms with E-state index in [0.29, 0.717) is 12.3 Å². The van der Waals surface area contributed by atoms with Gasteiger partial charge < -0.3 is 10.4 Å². The Labute approximate surface area is 90.7 Å². The van der Waals surface area contributed by atoms with Gasteiger partial charge in [-0.1, -0.05) is 13.3 Å². The van der Waals surface area contributed by atoms with Crippen LogP contribution in [0.25, 0.3) is 0 Å². The Hall–Kier alpha value is -0.220. The van der Waals surface area contributed by atoms with Gasteiger partial charge in [-0.25, -0.2) is 0 Å². The lowest BCUT2D eigenvalue weighted by Crippen LogP contribution is -2.38. The molecule has 0 saturated heterocycles. The van der Waals surface area contributed by atoms with Crippen LogP contribution >= 0.6 is 11.8 Å². The van der Waals surface area contributed by atoms with Crippen molar-refractivity contribution in [3.05, 3.63) is 0 Å². The molecule has 0 aromatic rings. The summed E-state index contributed by atoms with van der Waals surface area (Å²) in [4.78, 5) is 11.2. The molecule has 0 atom stereocenters. The van der Waals surface area contributed by atoms with Crippen molar-refractivity contribution >= 4 is 17.7 Å². The maximum absolute atomic E-state index is 11.2. The topological polar surface area (TPSA) is 49.3 Å². The van der Waals surface area contributed by atoms with E-state index >= 15 is 0 Å². The van der Waals surface area contributed by atoms with Crippen molar-refractivity contribution in [3.8, 4) is 0 Å². The molecule has 1 amide bonds. The third kappa shape index (κ3) is 9.86. The molecule has 0 unspecified atom stereocenters. The van der Waals surface area contributed by atoms with E-state index in [4.69, 9.17) is 0 Å². The predicted molar refractivity (Wildman–Crippen MR) is 61.5 cm³/mol. The smallest absolute Gasteiger partial charge is 0.230 e. The van der Waals surface area contributed by atoms with Crippen LogP contribution in [0.5, 0.6) is 0 Å². The molecule has 0 heterocycles. The molecule has 0 rings (SSSR count). The summed E-state index contributed by atoms with van der Waals surface area (Å²) < 4.78 is 0. The fourth-order valence-corrected chi connectivity index (χ4v) is 1.70. The Morgan fingerprint density at radius 3 is 2.64 bits per heavy atom. The zero-order valence-corrected chi connectivity index (χ0v) is 10.1. The van der Waals surface area contributed by atoms with E-state index in [1.54, 1.807) is 25.6 Å². The first-order chi connectivity index (χ1) is 6.45. The molecule has 0 radical (unpaired) electrons. The molecule has 0 aromatic heterocycles. The Morgan fingerprint density at radius 2 is 2.14 bits per heavy atom. The van der Waals surface area contributed by atoms with Crippen LogP contribution in [0.2, 0.25) is 0 Å². The summed E-state index contributed by atoms with van der Waals surface area (Å²) in [5.41, 5.74) is -0.816. The minimum atomic E-state index is -0.816. The lowest BCUT2D eigenvalue weighted by atomic mass is 10.1. The van der Waals surface area contributed by atoms with Gasteiger partial charge in [-0.15, -0.1) is 0 Å². The van der Waals surface area contributed by atoms with Crippen molar-refractivity contribution in [2.45, 2.75) is 39.2 Å². The minimum absolute atomic E-state index is 0.00762. The highest BCUT2D eigenvalue weighted by atomic mass is 32.2. The van der Waals surface area contributed by atoms with Crippen LogP contribution in [0.1, 0.15) is 33.6 Å². The van der Waals surface area contributed by atoms with Crippen LogP contribution in [-0.4, -0.2) is 34.7 Å². The number of unbranched alkanes of at least 4 members (excludes halogenated alkanes) is 1. The molecule has 0 saturated carbocycles. The molecule has 0 spiro atoms. The van der Waals surface area contributed by atoms with Crippen LogP contribution < -0.4 is 5.32 Å². The van der Waals surface area contributed by atoms with E-state index in [1.807, 2.05) is 0 Å². The van der Waals surface area contributed by atoms with Gasteiger partial charge in [-0.2, -0.15) is 11.8 Å². The lowest BCUT2D eigenvalue weighted by Gasteiger charge is -2.17. The number of hydrogen-bond acceptors (Lipinski definition) is 3. The summed E-state index contributed by atoms with van der Waals surface area (Å²) in [6.07, 6.45) is 2.32. The fourth-order valence-electron chi connectivity index (χ4n) is 0.777. The van der Waals surface area contributed by atoms with E-state index in [0.717, 1.165) is 18.6 Å². The SMILES string of the molecule is CCCCSCC(=O)NCC(C)(C)O. The van der Waals surface area contributed by atoms with Gasteiger partial charge in [0.05, 0.1) is 11.4 Å². The summed E-state index contributed by atoms with van der Waals surface area (Å²) in [5.74, 6) is 1.54. The van der Waals surface area contributed by atoms with Crippen molar-refractivity contribution in [2.75, 3.05) is 18.1 Å². The van der Waals surface area contributed by atoms with Crippen molar-refractivity contribution < 1.29 is 9.90 Å². The Bertz CT molecular complexity index is 166. The Morgan fingerprint density at radius 1 is 1.50 bits per heavy atom. The molecule has 14 heavy (non-hydrogen) atoms. The van der Waals surface area contributed by atoms with Crippen LogP contribution in [-0.2, 0) is 4.79 Å². The van der Waals surface area contributed by atoms with E-state index in [9.17, 15) is 9.90 Å². The first-order valence-electron chi connectivity index (χ1n) is 5.02. The zero-order valence-electron chi connectivity index (χ0n) is 9.30. The van der Waals surface area contributed by atoms with Gasteiger partial charge in [-0.3, -0.25) is 4.79 Å². The molecular formula is C10H21NO2S. The lowest BCUT2D eigenvalue weighted by molar-refractivity contribution is -0.119. The normalized spacial score (nSPS) is 11.4. The summed E-state index contributed by atoms with van der Waals surface area (Å²) in [7, 11) is 0. The average Bonchev–Trinajstić information content (AvgIpc) is 2.08. The number of carbonyl (C=O) groups is 1. The number of aliphatic hydroxyl groups is 1. The van der Waals surface area contributed by atoms with E-state index in [-0.39, 0.29) is 5.91 Å². The fraction of sp³-hybridized carbons (Fsp3) is 0.900. The largest absolute Gasteiger partial charge is 0.389 e. The number of nitrogens with one attached hydrogen (secondary N) is 1. The van der Waals surface area contributed by atoms with Crippen LogP contribution in [0.3, 0.4) is 0 Å². The molecule has 0 aromatic carbocycles. The van der Waals surface area contributed by atoms with E-state index in [1.165, 1.54) is 0 Å². The predicted octanol–water partition coefficient (Wildman–Crippen LogP) is 1.41. The average molecular weight is 219 g/mol. The van der Waals surface area contributed by atoms with E-state index < -0.39 is 5.60 Å². The number of carbonyl (C=O) groups excluding carboxylic acids is 1. The Kier molecular flexibility index (Phi) is 7.01. The number of rotatable bonds is 7. The molecule has 0 aliphatic rings. The first kappa shape index (κ1) is 13.8. The minimum Gasteiger partial charge on any atom is -0.389 e. The van der Waals surface area contributed by atoms with Crippen LogP contribution in [0.4, 0.5) is 0 Å². The monoisotopic (exact) mass is 219 g/mol. The van der Waals surface area contributed by atoms with Gasteiger partial charge in [0.2, 0.25) is 5.91 Å². The van der Waals surface area contributed by atoms with Gasteiger partial charge in [0, 0.05) is 6.54 Å². The van der Waals surface area contributed by atoms with Crippen molar-refractivity contribution in [3.63, 3.8) is 0 Å². The molecule has 0 bridgehead atoms. The standard InChI is InChI=1S/C10H21NO2S/c1-4-5-6-14-7-9(12)11-8-10(2,3)13/h13H,4-8H2,1-3H3,(H,11,12). The van der Waals surface area contributed by atoms with Gasteiger partial charge >= 0.3 is 0 Å². The summed E-state index contributed by atoms with van der Waals surface area (Å²) in [6, 6.07) is 0. The number of hydrogen-bond donors (Lipinski definition) is 2. The highest BCUT2D eigenvalue weighted by Crippen LogP contribution is 2.04. The van der Waals surface area contributed by atoms with Crippen molar-refractivity contribution in [1.29, 1.82) is 0 Å². The van der Waals surface area contributed by atoms with Crippen LogP contribution in [0.15, 0.2) is 0 Å². The second-order valence-corrected chi connectivity index (χ2v) is 5.10. The molecular weight excluding hydrogens is 198 g/mol. The second-order valence-electron chi connectivity index (χ2n) is 4.00. The molecule has 84 valence electrons. The summed E-state index contributed by atoms with van der Waals surface area (Å²) in [5, 5.41) is 12.0. The first-order valence-corrected chi connectivity index (χ1v) is 6.18. The zero-order chi connectivity index (χ0) is 11.0. The maximum atomic E-state index is 11.2. The molecule has 3 nitrogen and oxygen atoms in total. The number of thioether (sulfide) groups is 1. The molecule has 0 aliphatic carbocycles. The quantitative estimate of drug-likeness (QED) is 0.636. The molecule has 0 aliphatic heterocycles. The third-order valence-corrected chi connectivity index (χ3v) is 2.64. The maximum Gasteiger partial charge on any atom is 0.230 e. The second kappa shape index (κ2) is 7.12. The van der Waals surface area contributed by atoms with Gasteiger partial charge in [-0.05, 0) is 26.0 Å². The van der Waals surface area contributed by atoms with Gasteiger partial charge in [0.1, 0.15) is 0 Å². The number of amides is 1. The molecule has 0 fully saturated rings. The molecule has 2 N–H and O–H groups in total. The molecule has 4 heteroatoms. The van der Waals surface area contributed by atoms with Gasteiger partial charge in [0.15, 0.2) is 0 Å². The van der Waals surface area contributed by atoms with Crippen molar-refractivity contribution in [1.82, 2.24) is 5.32 Å². The Balaban J connectivity index is 3.38. The summed E-state index contributed by atoms with van der Waals surface area (Å²) in [6.45, 7) is 5.81. The highest BCUT2D eigenvalue weighted by Gasteiger charge is 2.13. The van der Waals surface area contributed by atoms with E-state index in [2.05, 4.69) is 12.2 Å². The van der Waals surface area contributed by atoms with Crippen molar-refractivity contribution in [2.24, 2.45) is 0 Å². The third-order valence-electron chi connectivity index (χ3n) is 1.59. The van der Waals surface area contributed by atoms with Gasteiger partial charge in [0.25, 0.3) is 0 Å². The van der Waals surface area contributed by atoms with Crippen LogP contribution in [0, 0.1) is 0 Å². The highest BCUT2D eigenvalue weighted by molar-refractivity contribution is 7.99. The summed E-state index contributed by atoms with van der Waals surface area (Å²) >= 11 is 1.64.